The predicted molar refractivity (Wildman–Crippen MR) is 69.0 cm³/mol. The summed E-state index contributed by atoms with van der Waals surface area (Å²) < 4.78 is 1.55. The van der Waals surface area contributed by atoms with Gasteiger partial charge in [0.1, 0.15) is 6.54 Å². The fraction of sp³-hybridized carbons (Fsp3) is 0.583. The van der Waals surface area contributed by atoms with Gasteiger partial charge in [-0.25, -0.2) is 0 Å². The normalized spacial score (nSPS) is 19.1. The molecule has 1 aliphatic rings. The lowest BCUT2D eigenvalue weighted by atomic mass is 10.1. The van der Waals surface area contributed by atoms with Gasteiger partial charge in [0.25, 0.3) is 0 Å². The van der Waals surface area contributed by atoms with Crippen LogP contribution in [0, 0.1) is 0 Å². The Labute approximate surface area is 111 Å². The lowest BCUT2D eigenvalue weighted by Crippen LogP contribution is -2.52. The zero-order valence-electron chi connectivity index (χ0n) is 10.8. The number of amides is 2. The summed E-state index contributed by atoms with van der Waals surface area (Å²) in [4.78, 5) is 25.0. The van der Waals surface area contributed by atoms with Gasteiger partial charge in [0.15, 0.2) is 0 Å². The van der Waals surface area contributed by atoms with Gasteiger partial charge in [-0.2, -0.15) is 5.10 Å². The third-order valence-electron chi connectivity index (χ3n) is 3.21. The van der Waals surface area contributed by atoms with Crippen LogP contribution >= 0.6 is 0 Å². The first kappa shape index (κ1) is 13.5. The van der Waals surface area contributed by atoms with Crippen molar-refractivity contribution < 1.29 is 9.59 Å². The summed E-state index contributed by atoms with van der Waals surface area (Å²) in [5.74, 6) is -0.615. The second-order valence-electron chi connectivity index (χ2n) is 4.69. The number of rotatable bonds is 5. The number of primary amides is 1. The minimum Gasteiger partial charge on any atom is -0.368 e. The highest BCUT2D eigenvalue weighted by atomic mass is 16.2. The lowest BCUT2D eigenvalue weighted by molar-refractivity contribution is -0.138. The molecule has 2 rings (SSSR count). The van der Waals surface area contributed by atoms with Crippen molar-refractivity contribution in [1.29, 1.82) is 0 Å². The topological polar surface area (TPSA) is 93.3 Å². The molecule has 1 unspecified atom stereocenters. The number of hydrogen-bond donors (Lipinski definition) is 2. The molecule has 2 amide bonds. The van der Waals surface area contributed by atoms with Crippen molar-refractivity contribution in [2.45, 2.75) is 25.4 Å². The van der Waals surface area contributed by atoms with E-state index in [4.69, 9.17) is 5.73 Å². The van der Waals surface area contributed by atoms with E-state index in [1.807, 2.05) is 0 Å². The molecule has 1 aliphatic heterocycles. The summed E-state index contributed by atoms with van der Waals surface area (Å²) in [6.45, 7) is 1.76. The molecule has 104 valence electrons. The molecule has 2 heterocycles. The van der Waals surface area contributed by atoms with Crippen LogP contribution in [0.5, 0.6) is 0 Å². The van der Waals surface area contributed by atoms with Crippen molar-refractivity contribution in [3.8, 4) is 0 Å². The molecule has 1 aromatic heterocycles. The maximum atomic E-state index is 12.3. The summed E-state index contributed by atoms with van der Waals surface area (Å²) in [7, 11) is 0. The largest absolute Gasteiger partial charge is 0.368 e. The second kappa shape index (κ2) is 6.33. The predicted octanol–water partition coefficient (Wildman–Crippen LogP) is -1.05. The van der Waals surface area contributed by atoms with Crippen molar-refractivity contribution in [2.75, 3.05) is 19.6 Å². The van der Waals surface area contributed by atoms with Gasteiger partial charge in [0, 0.05) is 25.0 Å². The molecule has 0 aliphatic carbocycles. The third-order valence-corrected chi connectivity index (χ3v) is 3.21. The van der Waals surface area contributed by atoms with E-state index in [-0.39, 0.29) is 25.0 Å². The smallest absolute Gasteiger partial charge is 0.245 e. The average Bonchev–Trinajstić information content (AvgIpc) is 2.89. The molecule has 19 heavy (non-hydrogen) atoms. The summed E-state index contributed by atoms with van der Waals surface area (Å²) in [6, 6.07) is 1.79. The van der Waals surface area contributed by atoms with E-state index in [1.54, 1.807) is 28.0 Å². The van der Waals surface area contributed by atoms with Crippen LogP contribution < -0.4 is 11.1 Å². The summed E-state index contributed by atoms with van der Waals surface area (Å²) >= 11 is 0. The van der Waals surface area contributed by atoms with Crippen molar-refractivity contribution >= 4 is 11.8 Å². The first-order valence-corrected chi connectivity index (χ1v) is 6.42. The van der Waals surface area contributed by atoms with Crippen LogP contribution in [0.3, 0.4) is 0 Å². The van der Waals surface area contributed by atoms with Crippen LogP contribution in [-0.4, -0.2) is 52.2 Å². The van der Waals surface area contributed by atoms with Gasteiger partial charge in [-0.05, 0) is 25.5 Å². The molecule has 3 N–H and O–H groups in total. The van der Waals surface area contributed by atoms with E-state index in [0.717, 1.165) is 19.4 Å². The lowest BCUT2D eigenvalue weighted by Gasteiger charge is -2.33. The highest BCUT2D eigenvalue weighted by molar-refractivity contribution is 5.84. The molecule has 0 spiro atoms. The van der Waals surface area contributed by atoms with Crippen LogP contribution in [0.25, 0.3) is 0 Å². The number of nitrogens with zero attached hydrogens (tertiary/aromatic N) is 3. The van der Waals surface area contributed by atoms with Gasteiger partial charge in [-0.15, -0.1) is 0 Å². The molecule has 0 bridgehead atoms. The zero-order chi connectivity index (χ0) is 13.7. The Balaban J connectivity index is 2.02. The molecule has 0 aromatic carbocycles. The fourth-order valence-corrected chi connectivity index (χ4v) is 2.31. The Morgan fingerprint density at radius 3 is 2.95 bits per heavy atom. The van der Waals surface area contributed by atoms with Gasteiger partial charge < -0.3 is 16.0 Å². The maximum Gasteiger partial charge on any atom is 0.245 e. The summed E-state index contributed by atoms with van der Waals surface area (Å²) in [5.41, 5.74) is 5.24. The fourth-order valence-electron chi connectivity index (χ4n) is 2.31. The van der Waals surface area contributed by atoms with Crippen LogP contribution in [0.1, 0.15) is 12.8 Å². The van der Waals surface area contributed by atoms with Crippen molar-refractivity contribution in [1.82, 2.24) is 20.0 Å². The van der Waals surface area contributed by atoms with Crippen LogP contribution in [-0.2, 0) is 16.1 Å². The van der Waals surface area contributed by atoms with E-state index in [0.29, 0.717) is 6.54 Å². The van der Waals surface area contributed by atoms with E-state index < -0.39 is 5.91 Å². The highest BCUT2D eigenvalue weighted by Crippen LogP contribution is 2.11. The Hall–Kier alpha value is -1.89. The molecular weight excluding hydrogens is 246 g/mol. The first-order valence-electron chi connectivity index (χ1n) is 6.42. The van der Waals surface area contributed by atoms with Gasteiger partial charge in [0.2, 0.25) is 11.8 Å². The Morgan fingerprint density at radius 1 is 1.53 bits per heavy atom. The number of piperidine rings is 1. The Kier molecular flexibility index (Phi) is 4.51. The molecule has 1 saturated heterocycles. The number of carbonyl (C=O) groups is 2. The van der Waals surface area contributed by atoms with Crippen molar-refractivity contribution in [3.63, 3.8) is 0 Å². The average molecular weight is 265 g/mol. The molecular formula is C12H19N5O2. The molecule has 7 nitrogen and oxygen atoms in total. The molecule has 1 atom stereocenters. The van der Waals surface area contributed by atoms with Crippen LogP contribution in [0.15, 0.2) is 18.5 Å². The van der Waals surface area contributed by atoms with E-state index >= 15 is 0 Å². The number of carbonyl (C=O) groups excluding carboxylic acids is 2. The van der Waals surface area contributed by atoms with Gasteiger partial charge in [-0.1, -0.05) is 0 Å². The molecule has 1 fully saturated rings. The molecule has 1 aromatic rings. The van der Waals surface area contributed by atoms with E-state index in [2.05, 4.69) is 10.4 Å². The van der Waals surface area contributed by atoms with Gasteiger partial charge >= 0.3 is 0 Å². The first-order chi connectivity index (χ1) is 9.16. The second-order valence-corrected chi connectivity index (χ2v) is 4.69. The summed E-state index contributed by atoms with van der Waals surface area (Å²) in [5, 5.41) is 7.23. The Bertz CT molecular complexity index is 425. The van der Waals surface area contributed by atoms with Gasteiger partial charge in [-0.3, -0.25) is 14.3 Å². The number of nitrogens with one attached hydrogen (secondary N) is 1. The van der Waals surface area contributed by atoms with Crippen molar-refractivity contribution in [2.24, 2.45) is 5.73 Å². The van der Waals surface area contributed by atoms with Gasteiger partial charge in [0.05, 0.1) is 6.54 Å². The zero-order valence-corrected chi connectivity index (χ0v) is 10.8. The third kappa shape index (κ3) is 3.78. The molecule has 0 saturated carbocycles. The SMILES string of the molecule is NC(=O)CN(C(=O)Cn1cccn1)C1CCCNC1. The van der Waals surface area contributed by atoms with Crippen LogP contribution in [0.4, 0.5) is 0 Å². The quantitative estimate of drug-likeness (QED) is 0.710. The molecule has 0 radical (unpaired) electrons. The highest BCUT2D eigenvalue weighted by Gasteiger charge is 2.26. The number of aromatic nitrogens is 2. The summed E-state index contributed by atoms with van der Waals surface area (Å²) in [6.07, 6.45) is 5.23. The minimum absolute atomic E-state index is 0.0318. The monoisotopic (exact) mass is 265 g/mol. The molecule has 7 heteroatoms. The van der Waals surface area contributed by atoms with E-state index in [9.17, 15) is 9.59 Å². The van der Waals surface area contributed by atoms with Crippen LogP contribution in [0.2, 0.25) is 0 Å². The Morgan fingerprint density at radius 2 is 2.37 bits per heavy atom. The number of nitrogens with two attached hydrogens (primary N) is 1. The minimum atomic E-state index is -0.487. The standard InChI is InChI=1S/C12H19N5O2/c13-11(18)8-17(10-3-1-4-14-7-10)12(19)9-16-6-2-5-15-16/h2,5-6,10,14H,1,3-4,7-9H2,(H2,13,18). The van der Waals surface area contributed by atoms with E-state index in [1.165, 1.54) is 0 Å². The maximum absolute atomic E-state index is 12.3. The number of hydrogen-bond acceptors (Lipinski definition) is 4. The van der Waals surface area contributed by atoms with Crippen molar-refractivity contribution in [3.05, 3.63) is 18.5 Å².